The Balaban J connectivity index is 2.13. The van der Waals surface area contributed by atoms with Gasteiger partial charge in [-0.2, -0.15) is 0 Å². The van der Waals surface area contributed by atoms with E-state index in [1.165, 1.54) is 20.4 Å². The Bertz CT molecular complexity index is 626. The van der Waals surface area contributed by atoms with Gasteiger partial charge in [0.15, 0.2) is 0 Å². The van der Waals surface area contributed by atoms with Gasteiger partial charge in [0, 0.05) is 7.05 Å². The Morgan fingerprint density at radius 3 is 2.73 bits per heavy atom. The number of likely N-dealkylation sites (tertiary alicyclic amines) is 1. The average molecular weight is 306 g/mol. The van der Waals surface area contributed by atoms with E-state index in [1.807, 2.05) is 0 Å². The number of nitrogens with zero attached hydrogens (tertiary/aromatic N) is 1. The fourth-order valence-corrected chi connectivity index (χ4v) is 3.70. The van der Waals surface area contributed by atoms with Crippen molar-refractivity contribution < 1.29 is 23.5 Å². The number of methoxy groups -OCH3 is 1. The highest BCUT2D eigenvalue weighted by Crippen LogP contribution is 2.49. The van der Waals surface area contributed by atoms with Gasteiger partial charge in [-0.05, 0) is 18.6 Å². The lowest BCUT2D eigenvalue weighted by atomic mass is 9.78. The summed E-state index contributed by atoms with van der Waals surface area (Å²) < 4.78 is 10.3. The molecule has 22 heavy (non-hydrogen) atoms. The summed E-state index contributed by atoms with van der Waals surface area (Å²) in [4.78, 5) is 38.5. The van der Waals surface area contributed by atoms with Gasteiger partial charge in [-0.3, -0.25) is 24.6 Å². The lowest BCUT2D eigenvalue weighted by Gasteiger charge is -2.30. The smallest absolute Gasteiger partial charge is 0.326 e. The first-order chi connectivity index (χ1) is 10.5. The fourth-order valence-electron chi connectivity index (χ4n) is 3.70. The molecule has 3 heterocycles. The first-order valence-electron chi connectivity index (χ1n) is 7.19. The summed E-state index contributed by atoms with van der Waals surface area (Å²) >= 11 is 0. The molecule has 0 aliphatic carbocycles. The monoisotopic (exact) mass is 306 g/mol. The van der Waals surface area contributed by atoms with Crippen molar-refractivity contribution in [3.05, 3.63) is 24.2 Å². The third kappa shape index (κ3) is 1.68. The van der Waals surface area contributed by atoms with Crippen molar-refractivity contribution in [2.75, 3.05) is 14.2 Å². The first-order valence-corrected chi connectivity index (χ1v) is 7.19. The number of carbonyl (C=O) groups is 3. The number of hydrogen-bond acceptors (Lipinski definition) is 6. The standard InChI is InChI=1S/C15H18N2O5/c1-4-15(14(20)21-3)10-9(12(18)17(2)13(10)19)11(16-15)8-6-5-7-22-8/h5-7,9-11,16H,4H2,1-3H3/t9-,10+,11-,15+/m0/s1. The summed E-state index contributed by atoms with van der Waals surface area (Å²) in [6.07, 6.45) is 1.84. The number of furan rings is 1. The van der Waals surface area contributed by atoms with Crippen molar-refractivity contribution >= 4 is 17.8 Å². The molecular formula is C15H18N2O5. The lowest BCUT2D eigenvalue weighted by Crippen LogP contribution is -2.55. The van der Waals surface area contributed by atoms with Crippen molar-refractivity contribution in [3.63, 3.8) is 0 Å². The van der Waals surface area contributed by atoms with Gasteiger partial charge in [0.25, 0.3) is 0 Å². The number of ether oxygens (including phenoxy) is 1. The van der Waals surface area contributed by atoms with Crippen LogP contribution in [-0.2, 0) is 19.1 Å². The number of carbonyl (C=O) groups excluding carboxylic acids is 3. The SMILES string of the molecule is CC[C@@]1(C(=O)OC)N[C@@H](c2ccco2)[C@H]2C(=O)N(C)C(=O)[C@@H]21. The molecular weight excluding hydrogens is 288 g/mol. The third-order valence-corrected chi connectivity index (χ3v) is 4.83. The Labute approximate surface area is 127 Å². The molecule has 2 aliphatic heterocycles. The second-order valence-corrected chi connectivity index (χ2v) is 5.69. The summed E-state index contributed by atoms with van der Waals surface area (Å²) in [6, 6.07) is 2.91. The molecule has 4 atom stereocenters. The molecule has 7 heteroatoms. The summed E-state index contributed by atoms with van der Waals surface area (Å²) in [5.74, 6) is -2.10. The molecule has 1 N–H and O–H groups in total. The second-order valence-electron chi connectivity index (χ2n) is 5.69. The molecule has 0 radical (unpaired) electrons. The molecule has 2 aliphatic rings. The molecule has 0 bridgehead atoms. The second kappa shape index (κ2) is 4.95. The Morgan fingerprint density at radius 2 is 2.18 bits per heavy atom. The van der Waals surface area contributed by atoms with Crippen LogP contribution < -0.4 is 5.32 Å². The highest BCUT2D eigenvalue weighted by atomic mass is 16.5. The molecule has 0 aromatic carbocycles. The van der Waals surface area contributed by atoms with E-state index in [0.717, 1.165) is 4.90 Å². The maximum Gasteiger partial charge on any atom is 0.326 e. The van der Waals surface area contributed by atoms with Gasteiger partial charge in [-0.1, -0.05) is 6.92 Å². The van der Waals surface area contributed by atoms with Gasteiger partial charge in [0.1, 0.15) is 11.3 Å². The van der Waals surface area contributed by atoms with Crippen LogP contribution in [0.1, 0.15) is 25.1 Å². The zero-order chi connectivity index (χ0) is 16.1. The minimum absolute atomic E-state index is 0.303. The molecule has 0 spiro atoms. The number of esters is 1. The van der Waals surface area contributed by atoms with Crippen LogP contribution in [0, 0.1) is 11.8 Å². The highest BCUT2D eigenvalue weighted by Gasteiger charge is 2.68. The minimum Gasteiger partial charge on any atom is -0.468 e. The van der Waals surface area contributed by atoms with E-state index in [4.69, 9.17) is 9.15 Å². The van der Waals surface area contributed by atoms with Crippen LogP contribution in [-0.4, -0.2) is 42.4 Å². The van der Waals surface area contributed by atoms with Gasteiger partial charge in [-0.25, -0.2) is 0 Å². The molecule has 2 amide bonds. The summed E-state index contributed by atoms with van der Waals surface area (Å²) in [6.45, 7) is 1.79. The average Bonchev–Trinajstić information content (AvgIpc) is 3.21. The van der Waals surface area contributed by atoms with Gasteiger partial charge >= 0.3 is 5.97 Å². The quantitative estimate of drug-likeness (QED) is 0.645. The van der Waals surface area contributed by atoms with Crippen LogP contribution in [0.2, 0.25) is 0 Å². The predicted molar refractivity (Wildman–Crippen MR) is 74.4 cm³/mol. The highest BCUT2D eigenvalue weighted by molar-refractivity contribution is 6.09. The minimum atomic E-state index is -1.21. The maximum atomic E-state index is 12.5. The number of fused-ring (bicyclic) bond motifs is 1. The Kier molecular flexibility index (Phi) is 3.32. The molecule has 0 unspecified atom stereocenters. The van der Waals surface area contributed by atoms with Gasteiger partial charge in [0.05, 0.1) is 31.3 Å². The van der Waals surface area contributed by atoms with Crippen molar-refractivity contribution in [2.24, 2.45) is 11.8 Å². The zero-order valence-electron chi connectivity index (χ0n) is 12.7. The fraction of sp³-hybridized carbons (Fsp3) is 0.533. The Hall–Kier alpha value is -2.15. The Morgan fingerprint density at radius 1 is 1.45 bits per heavy atom. The molecule has 2 fully saturated rings. The molecule has 3 rings (SSSR count). The number of hydrogen-bond donors (Lipinski definition) is 1. The summed E-state index contributed by atoms with van der Waals surface area (Å²) in [7, 11) is 2.72. The van der Waals surface area contributed by atoms with Crippen LogP contribution in [0.3, 0.4) is 0 Å². The van der Waals surface area contributed by atoms with Crippen LogP contribution >= 0.6 is 0 Å². The van der Waals surface area contributed by atoms with Crippen LogP contribution in [0.5, 0.6) is 0 Å². The first kappa shape index (κ1) is 14.8. The van der Waals surface area contributed by atoms with Gasteiger partial charge in [0.2, 0.25) is 11.8 Å². The van der Waals surface area contributed by atoms with E-state index in [0.29, 0.717) is 12.2 Å². The number of nitrogens with one attached hydrogen (secondary N) is 1. The molecule has 1 aromatic rings. The van der Waals surface area contributed by atoms with Crippen molar-refractivity contribution in [2.45, 2.75) is 24.9 Å². The zero-order valence-corrected chi connectivity index (χ0v) is 12.7. The van der Waals surface area contributed by atoms with Gasteiger partial charge in [-0.15, -0.1) is 0 Å². The molecule has 7 nitrogen and oxygen atoms in total. The summed E-state index contributed by atoms with van der Waals surface area (Å²) in [5.41, 5.74) is -1.21. The van der Waals surface area contributed by atoms with E-state index in [9.17, 15) is 14.4 Å². The lowest BCUT2D eigenvalue weighted by molar-refractivity contribution is -0.154. The third-order valence-electron chi connectivity index (χ3n) is 4.83. The number of imide groups is 1. The summed E-state index contributed by atoms with van der Waals surface area (Å²) in [5, 5.41) is 3.15. The molecule has 2 saturated heterocycles. The van der Waals surface area contributed by atoms with Crippen molar-refractivity contribution in [1.29, 1.82) is 0 Å². The van der Waals surface area contributed by atoms with E-state index in [1.54, 1.807) is 19.1 Å². The molecule has 118 valence electrons. The van der Waals surface area contributed by atoms with E-state index >= 15 is 0 Å². The van der Waals surface area contributed by atoms with Crippen LogP contribution in [0.15, 0.2) is 22.8 Å². The molecule has 0 saturated carbocycles. The predicted octanol–water partition coefficient (Wildman–Crippen LogP) is 0.477. The van der Waals surface area contributed by atoms with Gasteiger partial charge < -0.3 is 9.15 Å². The van der Waals surface area contributed by atoms with E-state index in [-0.39, 0.29) is 11.8 Å². The van der Waals surface area contributed by atoms with Crippen LogP contribution in [0.4, 0.5) is 0 Å². The molecule has 1 aromatic heterocycles. The van der Waals surface area contributed by atoms with Crippen molar-refractivity contribution in [3.8, 4) is 0 Å². The number of amides is 2. The van der Waals surface area contributed by atoms with Crippen molar-refractivity contribution in [1.82, 2.24) is 10.2 Å². The van der Waals surface area contributed by atoms with Crippen LogP contribution in [0.25, 0.3) is 0 Å². The normalized spacial score (nSPS) is 34.1. The van der Waals surface area contributed by atoms with E-state index in [2.05, 4.69) is 5.32 Å². The number of rotatable bonds is 3. The largest absolute Gasteiger partial charge is 0.468 e. The maximum absolute atomic E-state index is 12.5. The topological polar surface area (TPSA) is 88.8 Å². The van der Waals surface area contributed by atoms with E-state index < -0.39 is 29.4 Å².